The second kappa shape index (κ2) is 9.67. The molecular weight excluding hydrogens is 457 g/mol. The highest BCUT2D eigenvalue weighted by Gasteiger charge is 2.33. The van der Waals surface area contributed by atoms with Gasteiger partial charge in [-0.25, -0.2) is 19.2 Å². The van der Waals surface area contributed by atoms with Gasteiger partial charge in [-0.2, -0.15) is 0 Å². The maximum atomic E-state index is 13.4. The minimum Gasteiger partial charge on any atom is -0.465 e. The number of aromatic nitrogens is 2. The van der Waals surface area contributed by atoms with E-state index in [0.29, 0.717) is 22.4 Å². The van der Waals surface area contributed by atoms with Crippen molar-refractivity contribution < 1.29 is 28.3 Å². The van der Waals surface area contributed by atoms with E-state index in [0.717, 1.165) is 6.33 Å². The van der Waals surface area contributed by atoms with Crippen LogP contribution in [0.15, 0.2) is 48.8 Å². The van der Waals surface area contributed by atoms with Gasteiger partial charge in [0.05, 0.1) is 12.7 Å². The van der Waals surface area contributed by atoms with Crippen molar-refractivity contribution in [3.63, 3.8) is 0 Å². The molecule has 3 amide bonds. The molecule has 0 bridgehead atoms. The lowest BCUT2D eigenvalue weighted by atomic mass is 10.1. The van der Waals surface area contributed by atoms with Gasteiger partial charge >= 0.3 is 5.97 Å². The van der Waals surface area contributed by atoms with Gasteiger partial charge in [0.15, 0.2) is 0 Å². The highest BCUT2D eigenvalue weighted by Crippen LogP contribution is 2.32. The molecular formula is C24H20FN5O5. The average molecular weight is 477 g/mol. The van der Waals surface area contributed by atoms with Crippen LogP contribution < -0.4 is 16.0 Å². The van der Waals surface area contributed by atoms with Gasteiger partial charge in [0.2, 0.25) is 0 Å². The molecule has 0 radical (unpaired) electrons. The van der Waals surface area contributed by atoms with E-state index in [2.05, 4.69) is 30.7 Å². The van der Waals surface area contributed by atoms with E-state index in [1.54, 1.807) is 25.1 Å². The molecule has 10 nitrogen and oxygen atoms in total. The molecule has 3 aromatic rings. The molecule has 35 heavy (non-hydrogen) atoms. The molecule has 2 aromatic carbocycles. The van der Waals surface area contributed by atoms with Crippen LogP contribution in [0.3, 0.4) is 0 Å². The quantitative estimate of drug-likeness (QED) is 0.462. The SMILES string of the molecule is COC(=O)c1ccc2c(c1)NC(=O)C2NC(=O)c1cc(C(=O)NCc2ccc(F)c(C)c2)ncn1. The Balaban J connectivity index is 1.44. The summed E-state index contributed by atoms with van der Waals surface area (Å²) < 4.78 is 18.1. The third kappa shape index (κ3) is 4.98. The summed E-state index contributed by atoms with van der Waals surface area (Å²) in [6, 6.07) is 9.17. The molecule has 1 atom stereocenters. The lowest BCUT2D eigenvalue weighted by Gasteiger charge is -2.12. The minimum absolute atomic E-state index is 0.0528. The smallest absolute Gasteiger partial charge is 0.337 e. The van der Waals surface area contributed by atoms with Crippen LogP contribution in [0.1, 0.15) is 54.1 Å². The highest BCUT2D eigenvalue weighted by atomic mass is 19.1. The van der Waals surface area contributed by atoms with Gasteiger partial charge in [0.1, 0.15) is 29.6 Å². The van der Waals surface area contributed by atoms with E-state index in [-0.39, 0.29) is 29.3 Å². The number of carbonyl (C=O) groups excluding carboxylic acids is 4. The summed E-state index contributed by atoms with van der Waals surface area (Å²) in [6.07, 6.45) is 1.07. The van der Waals surface area contributed by atoms with Crippen molar-refractivity contribution in [1.29, 1.82) is 0 Å². The van der Waals surface area contributed by atoms with Gasteiger partial charge in [0, 0.05) is 23.9 Å². The molecule has 0 fully saturated rings. The fourth-order valence-corrected chi connectivity index (χ4v) is 3.55. The van der Waals surface area contributed by atoms with Crippen molar-refractivity contribution in [2.24, 2.45) is 0 Å². The molecule has 0 aliphatic carbocycles. The summed E-state index contributed by atoms with van der Waals surface area (Å²) in [4.78, 5) is 57.2. The number of aryl methyl sites for hydroxylation is 1. The Labute approximate surface area is 198 Å². The Bertz CT molecular complexity index is 1360. The van der Waals surface area contributed by atoms with Crippen LogP contribution >= 0.6 is 0 Å². The first-order valence-electron chi connectivity index (χ1n) is 10.5. The number of esters is 1. The van der Waals surface area contributed by atoms with Crippen LogP contribution in [0.4, 0.5) is 10.1 Å². The van der Waals surface area contributed by atoms with Gasteiger partial charge in [0.25, 0.3) is 17.7 Å². The van der Waals surface area contributed by atoms with Crippen LogP contribution in [0.2, 0.25) is 0 Å². The van der Waals surface area contributed by atoms with Gasteiger partial charge in [-0.1, -0.05) is 18.2 Å². The molecule has 178 valence electrons. The molecule has 0 saturated carbocycles. The predicted molar refractivity (Wildman–Crippen MR) is 121 cm³/mol. The summed E-state index contributed by atoms with van der Waals surface area (Å²) in [5.74, 6) is -2.63. The zero-order chi connectivity index (χ0) is 25.1. The lowest BCUT2D eigenvalue weighted by molar-refractivity contribution is -0.117. The number of methoxy groups -OCH3 is 1. The molecule has 0 spiro atoms. The number of carbonyl (C=O) groups is 4. The molecule has 0 saturated heterocycles. The molecule has 2 heterocycles. The summed E-state index contributed by atoms with van der Waals surface area (Å²) >= 11 is 0. The van der Waals surface area contributed by atoms with Crippen LogP contribution in [0.25, 0.3) is 0 Å². The van der Waals surface area contributed by atoms with Crippen LogP contribution in [-0.4, -0.2) is 40.8 Å². The first-order valence-corrected chi connectivity index (χ1v) is 10.5. The Morgan fingerprint density at radius 3 is 2.51 bits per heavy atom. The number of amides is 3. The normalized spacial score (nSPS) is 14.0. The number of fused-ring (bicyclic) bond motifs is 1. The maximum absolute atomic E-state index is 13.4. The number of ether oxygens (including phenoxy) is 1. The molecule has 11 heteroatoms. The average Bonchev–Trinajstić information content (AvgIpc) is 3.17. The number of hydrogen-bond acceptors (Lipinski definition) is 7. The second-order valence-corrected chi connectivity index (χ2v) is 7.74. The monoisotopic (exact) mass is 477 g/mol. The zero-order valence-corrected chi connectivity index (χ0v) is 18.7. The lowest BCUT2D eigenvalue weighted by Crippen LogP contribution is -2.33. The molecule has 1 aliphatic rings. The van der Waals surface area contributed by atoms with E-state index in [9.17, 15) is 23.6 Å². The van der Waals surface area contributed by atoms with Crippen molar-refractivity contribution in [2.75, 3.05) is 12.4 Å². The summed E-state index contributed by atoms with van der Waals surface area (Å²) in [7, 11) is 1.25. The fraction of sp³-hybridized carbons (Fsp3) is 0.167. The fourth-order valence-electron chi connectivity index (χ4n) is 3.55. The van der Waals surface area contributed by atoms with Crippen LogP contribution in [-0.2, 0) is 16.1 Å². The second-order valence-electron chi connectivity index (χ2n) is 7.74. The van der Waals surface area contributed by atoms with Crippen molar-refractivity contribution in [3.05, 3.63) is 88.3 Å². The van der Waals surface area contributed by atoms with E-state index in [4.69, 9.17) is 0 Å². The number of benzene rings is 2. The maximum Gasteiger partial charge on any atom is 0.337 e. The molecule has 3 N–H and O–H groups in total. The Hall–Kier alpha value is -4.67. The number of anilines is 1. The molecule has 4 rings (SSSR count). The Morgan fingerprint density at radius 1 is 1.06 bits per heavy atom. The number of nitrogens with zero attached hydrogens (tertiary/aromatic N) is 2. The van der Waals surface area contributed by atoms with E-state index >= 15 is 0 Å². The largest absolute Gasteiger partial charge is 0.465 e. The summed E-state index contributed by atoms with van der Waals surface area (Å²) in [5.41, 5.74) is 2.08. The summed E-state index contributed by atoms with van der Waals surface area (Å²) in [5, 5.41) is 7.84. The van der Waals surface area contributed by atoms with Crippen LogP contribution in [0.5, 0.6) is 0 Å². The van der Waals surface area contributed by atoms with Gasteiger partial charge in [-0.15, -0.1) is 0 Å². The van der Waals surface area contributed by atoms with Gasteiger partial charge in [-0.05, 0) is 36.2 Å². The number of hydrogen-bond donors (Lipinski definition) is 3. The van der Waals surface area contributed by atoms with E-state index in [1.165, 1.54) is 31.4 Å². The van der Waals surface area contributed by atoms with Crippen molar-refractivity contribution in [1.82, 2.24) is 20.6 Å². The van der Waals surface area contributed by atoms with Gasteiger partial charge < -0.3 is 20.7 Å². The third-order valence-electron chi connectivity index (χ3n) is 5.39. The first-order chi connectivity index (χ1) is 16.8. The number of halogens is 1. The van der Waals surface area contributed by atoms with Gasteiger partial charge in [-0.3, -0.25) is 14.4 Å². The third-order valence-corrected chi connectivity index (χ3v) is 5.39. The number of rotatable bonds is 6. The topological polar surface area (TPSA) is 139 Å². The van der Waals surface area contributed by atoms with Crippen LogP contribution in [0, 0.1) is 12.7 Å². The predicted octanol–water partition coefficient (Wildman–Crippen LogP) is 2.06. The van der Waals surface area contributed by atoms with E-state index in [1.807, 2.05) is 0 Å². The summed E-state index contributed by atoms with van der Waals surface area (Å²) in [6.45, 7) is 1.76. The zero-order valence-electron chi connectivity index (χ0n) is 18.7. The highest BCUT2D eigenvalue weighted by molar-refractivity contribution is 6.07. The standard InChI is InChI=1S/C24H20FN5O5/c1-12-7-13(3-6-16(12)25)10-26-21(31)18-9-19(28-11-27-18)22(32)30-20-15-5-4-14(24(34)35-2)8-17(15)29-23(20)33/h3-9,11,20H,10H2,1-2H3,(H,26,31)(H,29,33)(H,30,32). The molecule has 1 unspecified atom stereocenters. The molecule has 1 aliphatic heterocycles. The van der Waals surface area contributed by atoms with Crippen molar-refractivity contribution >= 4 is 29.4 Å². The minimum atomic E-state index is -1.02. The van der Waals surface area contributed by atoms with E-state index < -0.39 is 29.7 Å². The first kappa shape index (κ1) is 23.5. The van der Waals surface area contributed by atoms with Crippen molar-refractivity contribution in [3.8, 4) is 0 Å². The number of nitrogens with one attached hydrogen (secondary N) is 3. The Morgan fingerprint density at radius 2 is 1.80 bits per heavy atom. The molecule has 1 aromatic heterocycles. The Kier molecular flexibility index (Phi) is 6.49. The van der Waals surface area contributed by atoms with Crippen molar-refractivity contribution in [2.45, 2.75) is 19.5 Å².